The van der Waals surface area contributed by atoms with E-state index in [-0.39, 0.29) is 23.5 Å². The summed E-state index contributed by atoms with van der Waals surface area (Å²) in [4.78, 5) is 25.9. The molecule has 1 saturated carbocycles. The van der Waals surface area contributed by atoms with E-state index < -0.39 is 16.4 Å². The van der Waals surface area contributed by atoms with E-state index in [1.165, 1.54) is 5.56 Å². The van der Waals surface area contributed by atoms with Crippen molar-refractivity contribution in [2.24, 2.45) is 16.2 Å². The van der Waals surface area contributed by atoms with Gasteiger partial charge in [0.2, 0.25) is 5.60 Å². The fourth-order valence-corrected chi connectivity index (χ4v) is 5.15. The third-order valence-corrected chi connectivity index (χ3v) is 7.72. The standard InChI is InChI=1S/C22H28O4/c1-19(2)11-10-14-8-6-7-9-15(14)16(19)25-18(24)22-13-12-21(5,17(23)26-22)20(22,3)4/h6-9,16H,10-13H2,1-5H3/t16?,21?,22-/m1/s1. The third-order valence-electron chi connectivity index (χ3n) is 7.72. The highest BCUT2D eigenvalue weighted by Gasteiger charge is 2.76. The minimum atomic E-state index is -1.17. The summed E-state index contributed by atoms with van der Waals surface area (Å²) in [7, 11) is 0. The summed E-state index contributed by atoms with van der Waals surface area (Å²) in [5.41, 5.74) is -0.202. The van der Waals surface area contributed by atoms with Gasteiger partial charge in [0, 0.05) is 10.8 Å². The summed E-state index contributed by atoms with van der Waals surface area (Å²) >= 11 is 0. The second kappa shape index (κ2) is 5.11. The molecular weight excluding hydrogens is 328 g/mol. The Morgan fingerprint density at radius 2 is 1.77 bits per heavy atom. The van der Waals surface area contributed by atoms with Crippen LogP contribution in [0.2, 0.25) is 0 Å². The molecule has 140 valence electrons. The Kier molecular flexibility index (Phi) is 3.46. The van der Waals surface area contributed by atoms with Crippen molar-refractivity contribution in [3.63, 3.8) is 0 Å². The molecule has 1 heterocycles. The SMILES string of the molecule is CC1(C)CCc2ccccc2C1OC(=O)[C@@]12CCC(C)(C(=O)O1)C2(C)C. The molecule has 2 unspecified atom stereocenters. The van der Waals surface area contributed by atoms with Gasteiger partial charge >= 0.3 is 11.9 Å². The van der Waals surface area contributed by atoms with E-state index in [1.807, 2.05) is 32.9 Å². The summed E-state index contributed by atoms with van der Waals surface area (Å²) in [5, 5.41) is 0. The number of aryl methyl sites for hydroxylation is 1. The van der Waals surface area contributed by atoms with E-state index in [0.717, 1.165) is 18.4 Å². The molecule has 3 aliphatic rings. The number of rotatable bonds is 2. The van der Waals surface area contributed by atoms with Crippen LogP contribution < -0.4 is 0 Å². The van der Waals surface area contributed by atoms with Gasteiger partial charge in [-0.15, -0.1) is 0 Å². The first-order chi connectivity index (χ1) is 12.1. The Morgan fingerprint density at radius 1 is 1.08 bits per heavy atom. The summed E-state index contributed by atoms with van der Waals surface area (Å²) in [5.74, 6) is -0.652. The Morgan fingerprint density at radius 3 is 2.38 bits per heavy atom. The van der Waals surface area contributed by atoms with Crippen molar-refractivity contribution in [2.75, 3.05) is 0 Å². The monoisotopic (exact) mass is 356 g/mol. The minimum absolute atomic E-state index is 0.157. The van der Waals surface area contributed by atoms with Crippen LogP contribution in [0.3, 0.4) is 0 Å². The third kappa shape index (κ3) is 1.96. The maximum absolute atomic E-state index is 13.4. The molecule has 1 aromatic carbocycles. The largest absolute Gasteiger partial charge is 0.454 e. The number of carbonyl (C=O) groups excluding carboxylic acids is 2. The molecule has 3 atom stereocenters. The molecule has 1 aromatic rings. The molecule has 2 aliphatic carbocycles. The molecule has 4 rings (SSSR count). The van der Waals surface area contributed by atoms with Crippen LogP contribution in [-0.2, 0) is 25.5 Å². The number of hydrogen-bond acceptors (Lipinski definition) is 4. The van der Waals surface area contributed by atoms with Gasteiger partial charge in [-0.2, -0.15) is 0 Å². The molecule has 4 heteroatoms. The zero-order valence-corrected chi connectivity index (χ0v) is 16.3. The topological polar surface area (TPSA) is 52.6 Å². The van der Waals surface area contributed by atoms with E-state index in [0.29, 0.717) is 12.8 Å². The quantitative estimate of drug-likeness (QED) is 0.739. The highest BCUT2D eigenvalue weighted by molar-refractivity contribution is 5.93. The van der Waals surface area contributed by atoms with Crippen molar-refractivity contribution in [3.05, 3.63) is 35.4 Å². The van der Waals surface area contributed by atoms with Crippen LogP contribution in [0.5, 0.6) is 0 Å². The summed E-state index contributed by atoms with van der Waals surface area (Å²) in [6.07, 6.45) is 2.82. The van der Waals surface area contributed by atoms with E-state index in [2.05, 4.69) is 26.0 Å². The molecule has 0 aromatic heterocycles. The average Bonchev–Trinajstić information content (AvgIpc) is 2.88. The lowest BCUT2D eigenvalue weighted by Crippen LogP contribution is -2.50. The van der Waals surface area contributed by atoms with Crippen LogP contribution in [0.1, 0.15) is 71.1 Å². The van der Waals surface area contributed by atoms with E-state index in [9.17, 15) is 9.59 Å². The number of carbonyl (C=O) groups is 2. The molecule has 1 saturated heterocycles. The first-order valence-electron chi connectivity index (χ1n) is 9.58. The normalized spacial score (nSPS) is 36.3. The average molecular weight is 356 g/mol. The molecule has 2 fully saturated rings. The van der Waals surface area contributed by atoms with Gasteiger partial charge in [0.1, 0.15) is 6.10 Å². The van der Waals surface area contributed by atoms with Crippen LogP contribution in [-0.4, -0.2) is 17.5 Å². The smallest absolute Gasteiger partial charge is 0.351 e. The Hall–Kier alpha value is -1.84. The van der Waals surface area contributed by atoms with Crippen LogP contribution in [0.4, 0.5) is 0 Å². The Bertz CT molecular complexity index is 793. The van der Waals surface area contributed by atoms with Gasteiger partial charge in [0.15, 0.2) is 0 Å². The zero-order valence-electron chi connectivity index (χ0n) is 16.3. The second-order valence-electron chi connectivity index (χ2n) is 9.65. The summed E-state index contributed by atoms with van der Waals surface area (Å²) < 4.78 is 11.9. The van der Waals surface area contributed by atoms with Crippen molar-refractivity contribution in [1.82, 2.24) is 0 Å². The molecule has 0 radical (unpaired) electrons. The zero-order chi connectivity index (χ0) is 19.0. The predicted molar refractivity (Wildman–Crippen MR) is 97.3 cm³/mol. The fraction of sp³-hybridized carbons (Fsp3) is 0.636. The minimum Gasteiger partial charge on any atom is -0.454 e. The van der Waals surface area contributed by atoms with Crippen molar-refractivity contribution in [1.29, 1.82) is 0 Å². The lowest BCUT2D eigenvalue weighted by molar-refractivity contribution is -0.192. The van der Waals surface area contributed by atoms with Crippen LogP contribution in [0.25, 0.3) is 0 Å². The van der Waals surface area contributed by atoms with Gasteiger partial charge in [0.05, 0.1) is 5.41 Å². The highest BCUT2D eigenvalue weighted by atomic mass is 16.6. The summed E-state index contributed by atoms with van der Waals surface area (Å²) in [6, 6.07) is 8.18. The van der Waals surface area contributed by atoms with Gasteiger partial charge in [-0.3, -0.25) is 4.79 Å². The van der Waals surface area contributed by atoms with Gasteiger partial charge in [-0.25, -0.2) is 4.79 Å². The summed E-state index contributed by atoms with van der Waals surface area (Å²) in [6.45, 7) is 10.1. The molecule has 4 nitrogen and oxygen atoms in total. The first kappa shape index (κ1) is 17.6. The molecule has 2 bridgehead atoms. The Labute approximate surface area is 155 Å². The van der Waals surface area contributed by atoms with Crippen molar-refractivity contribution < 1.29 is 19.1 Å². The number of benzene rings is 1. The number of fused-ring (bicyclic) bond motifs is 3. The molecular formula is C22H28O4. The van der Waals surface area contributed by atoms with E-state index in [4.69, 9.17) is 9.47 Å². The van der Waals surface area contributed by atoms with Gasteiger partial charge in [-0.05, 0) is 43.7 Å². The lowest BCUT2D eigenvalue weighted by atomic mass is 9.66. The van der Waals surface area contributed by atoms with E-state index in [1.54, 1.807) is 0 Å². The molecule has 1 aliphatic heterocycles. The number of esters is 2. The maximum Gasteiger partial charge on any atom is 0.351 e. The van der Waals surface area contributed by atoms with Crippen LogP contribution in [0, 0.1) is 16.2 Å². The van der Waals surface area contributed by atoms with Gasteiger partial charge < -0.3 is 9.47 Å². The molecule has 0 N–H and O–H groups in total. The first-order valence-corrected chi connectivity index (χ1v) is 9.58. The predicted octanol–water partition coefficient (Wildman–Crippen LogP) is 4.37. The second-order valence-corrected chi connectivity index (χ2v) is 9.65. The maximum atomic E-state index is 13.4. The molecule has 0 spiro atoms. The lowest BCUT2D eigenvalue weighted by Gasteiger charge is -2.42. The van der Waals surface area contributed by atoms with E-state index >= 15 is 0 Å². The van der Waals surface area contributed by atoms with Crippen molar-refractivity contribution >= 4 is 11.9 Å². The van der Waals surface area contributed by atoms with Gasteiger partial charge in [-0.1, -0.05) is 52.0 Å². The molecule has 0 amide bonds. The van der Waals surface area contributed by atoms with Crippen molar-refractivity contribution in [2.45, 2.75) is 72.0 Å². The fourth-order valence-electron chi connectivity index (χ4n) is 5.15. The Balaban J connectivity index is 1.70. The van der Waals surface area contributed by atoms with Gasteiger partial charge in [0.25, 0.3) is 0 Å². The number of ether oxygens (including phenoxy) is 2. The highest BCUT2D eigenvalue weighted by Crippen LogP contribution is 2.66. The van der Waals surface area contributed by atoms with Crippen molar-refractivity contribution in [3.8, 4) is 0 Å². The number of hydrogen-bond donors (Lipinski definition) is 0. The van der Waals surface area contributed by atoms with Crippen LogP contribution in [0.15, 0.2) is 24.3 Å². The molecule has 26 heavy (non-hydrogen) atoms. The van der Waals surface area contributed by atoms with Crippen LogP contribution >= 0.6 is 0 Å².